The summed E-state index contributed by atoms with van der Waals surface area (Å²) >= 11 is 0. The predicted molar refractivity (Wildman–Crippen MR) is 72.7 cm³/mol. The lowest BCUT2D eigenvalue weighted by molar-refractivity contribution is -0.0476. The van der Waals surface area contributed by atoms with Crippen molar-refractivity contribution in [2.45, 2.75) is 45.1 Å². The lowest BCUT2D eigenvalue weighted by Gasteiger charge is -2.37. The van der Waals surface area contributed by atoms with Crippen LogP contribution in [0.15, 0.2) is 18.2 Å². The third-order valence-electron chi connectivity index (χ3n) is 4.09. The van der Waals surface area contributed by atoms with Crippen LogP contribution >= 0.6 is 0 Å². The third-order valence-corrected chi connectivity index (χ3v) is 4.09. The van der Waals surface area contributed by atoms with E-state index in [0.29, 0.717) is 25.4 Å². The molecule has 0 N–H and O–H groups in total. The molecule has 0 bridgehead atoms. The lowest BCUT2D eigenvalue weighted by Crippen LogP contribution is -2.45. The molecule has 1 aliphatic carbocycles. The normalized spacial score (nSPS) is 26.5. The molecule has 2 nitrogen and oxygen atoms in total. The van der Waals surface area contributed by atoms with Crippen LogP contribution in [0.1, 0.15) is 49.9 Å². The minimum absolute atomic E-state index is 0.201. The Hall–Kier alpha value is -1.29. The van der Waals surface area contributed by atoms with Crippen LogP contribution in [0.5, 0.6) is 0 Å². The van der Waals surface area contributed by atoms with Gasteiger partial charge in [-0.15, -0.1) is 0 Å². The molecule has 20 heavy (non-hydrogen) atoms. The van der Waals surface area contributed by atoms with Gasteiger partial charge in [-0.2, -0.15) is 0 Å². The topological polar surface area (TPSA) is 26.3 Å². The Labute approximate surface area is 118 Å². The van der Waals surface area contributed by atoms with Crippen LogP contribution in [0, 0.1) is 17.6 Å². The molecular formula is C16H20F2O2. The Morgan fingerprint density at radius 3 is 2.60 bits per heavy atom. The van der Waals surface area contributed by atoms with E-state index in [1.165, 1.54) is 0 Å². The van der Waals surface area contributed by atoms with E-state index in [1.807, 2.05) is 6.92 Å². The van der Waals surface area contributed by atoms with Crippen molar-refractivity contribution in [1.29, 1.82) is 0 Å². The van der Waals surface area contributed by atoms with Gasteiger partial charge in [-0.25, -0.2) is 8.78 Å². The Kier molecular flexibility index (Phi) is 4.53. The lowest BCUT2D eigenvalue weighted by atomic mass is 9.75. The first-order chi connectivity index (χ1) is 9.48. The third kappa shape index (κ3) is 2.90. The van der Waals surface area contributed by atoms with Crippen molar-refractivity contribution in [1.82, 2.24) is 0 Å². The molecule has 1 fully saturated rings. The van der Waals surface area contributed by atoms with Crippen molar-refractivity contribution in [2.24, 2.45) is 5.92 Å². The fourth-order valence-electron chi connectivity index (χ4n) is 2.86. The Balaban J connectivity index is 2.34. The minimum Gasteiger partial charge on any atom is -0.367 e. The molecule has 0 radical (unpaired) electrons. The summed E-state index contributed by atoms with van der Waals surface area (Å²) in [5.74, 6) is -1.18. The number of ketones is 1. The van der Waals surface area contributed by atoms with Crippen LogP contribution in [-0.2, 0) is 4.74 Å². The van der Waals surface area contributed by atoms with E-state index >= 15 is 0 Å². The smallest absolute Gasteiger partial charge is 0.197 e. The van der Waals surface area contributed by atoms with Gasteiger partial charge in [-0.1, -0.05) is 6.92 Å². The summed E-state index contributed by atoms with van der Waals surface area (Å²) in [7, 11) is 0. The van der Waals surface area contributed by atoms with E-state index in [-0.39, 0.29) is 5.56 Å². The molecule has 0 unspecified atom stereocenters. The van der Waals surface area contributed by atoms with E-state index < -0.39 is 23.0 Å². The second-order valence-electron chi connectivity index (χ2n) is 5.56. The molecule has 110 valence electrons. The van der Waals surface area contributed by atoms with Gasteiger partial charge in [0.25, 0.3) is 0 Å². The summed E-state index contributed by atoms with van der Waals surface area (Å²) in [6.07, 6.45) is 2.86. The second kappa shape index (κ2) is 6.00. The fourth-order valence-corrected chi connectivity index (χ4v) is 2.86. The van der Waals surface area contributed by atoms with Crippen LogP contribution in [0.25, 0.3) is 0 Å². The van der Waals surface area contributed by atoms with E-state index in [9.17, 15) is 13.6 Å². The van der Waals surface area contributed by atoms with Gasteiger partial charge in [0.05, 0.1) is 5.56 Å². The van der Waals surface area contributed by atoms with E-state index in [0.717, 1.165) is 31.0 Å². The molecule has 4 heteroatoms. The van der Waals surface area contributed by atoms with Gasteiger partial charge in [0.2, 0.25) is 0 Å². The molecule has 1 aliphatic rings. The van der Waals surface area contributed by atoms with Gasteiger partial charge in [0, 0.05) is 6.61 Å². The van der Waals surface area contributed by atoms with Gasteiger partial charge in [-0.3, -0.25) is 4.79 Å². The Morgan fingerprint density at radius 2 is 2.00 bits per heavy atom. The second-order valence-corrected chi connectivity index (χ2v) is 5.56. The molecule has 0 amide bonds. The number of carbonyl (C=O) groups excluding carboxylic acids is 1. The monoisotopic (exact) mass is 282 g/mol. The highest BCUT2D eigenvalue weighted by Crippen LogP contribution is 2.37. The largest absolute Gasteiger partial charge is 0.367 e. The van der Waals surface area contributed by atoms with Crippen molar-refractivity contribution < 1.29 is 18.3 Å². The highest BCUT2D eigenvalue weighted by Gasteiger charge is 2.43. The highest BCUT2D eigenvalue weighted by molar-refractivity contribution is 6.02. The zero-order valence-electron chi connectivity index (χ0n) is 11.9. The van der Waals surface area contributed by atoms with E-state index in [2.05, 4.69) is 6.92 Å². The van der Waals surface area contributed by atoms with Gasteiger partial charge in [-0.05, 0) is 56.7 Å². The molecule has 0 atom stereocenters. The first-order valence-corrected chi connectivity index (χ1v) is 7.12. The molecule has 1 saturated carbocycles. The number of rotatable bonds is 4. The average Bonchev–Trinajstić information content (AvgIpc) is 2.44. The van der Waals surface area contributed by atoms with Crippen LogP contribution in [0.4, 0.5) is 8.78 Å². The van der Waals surface area contributed by atoms with Crippen molar-refractivity contribution >= 4 is 5.78 Å². The number of ether oxygens (including phenoxy) is 1. The summed E-state index contributed by atoms with van der Waals surface area (Å²) in [6.45, 7) is 4.33. The molecule has 0 saturated heterocycles. The number of benzene rings is 1. The molecular weight excluding hydrogens is 262 g/mol. The average molecular weight is 282 g/mol. The molecule has 1 aromatic rings. The van der Waals surface area contributed by atoms with Crippen molar-refractivity contribution in [3.8, 4) is 0 Å². The standard InChI is InChI=1S/C16H20F2O2/c1-3-20-16(8-6-11(2)7-9-16)15(19)13-10-12(17)4-5-14(13)18/h4-5,10-11H,3,6-9H2,1-2H3. The molecule has 0 spiro atoms. The van der Waals surface area contributed by atoms with Crippen molar-refractivity contribution in [3.05, 3.63) is 35.4 Å². The quantitative estimate of drug-likeness (QED) is 0.776. The number of hydrogen-bond donors (Lipinski definition) is 0. The number of Topliss-reactive ketones (excluding diaryl/α,β-unsaturated/α-hetero) is 1. The first-order valence-electron chi connectivity index (χ1n) is 7.12. The van der Waals surface area contributed by atoms with E-state index in [4.69, 9.17) is 4.74 Å². The molecule has 0 aliphatic heterocycles. The van der Waals surface area contributed by atoms with E-state index in [1.54, 1.807) is 0 Å². The maximum absolute atomic E-state index is 13.8. The molecule has 1 aromatic carbocycles. The van der Waals surface area contributed by atoms with Crippen molar-refractivity contribution in [3.63, 3.8) is 0 Å². The number of carbonyl (C=O) groups is 1. The van der Waals surface area contributed by atoms with Gasteiger partial charge < -0.3 is 4.74 Å². The number of hydrogen-bond acceptors (Lipinski definition) is 2. The van der Waals surface area contributed by atoms with Gasteiger partial charge in [0.1, 0.15) is 17.2 Å². The SMILES string of the molecule is CCOC1(C(=O)c2cc(F)ccc2F)CCC(C)CC1. The zero-order chi connectivity index (χ0) is 14.8. The fraction of sp³-hybridized carbons (Fsp3) is 0.562. The predicted octanol–water partition coefficient (Wildman–Crippen LogP) is 4.13. The zero-order valence-corrected chi connectivity index (χ0v) is 11.9. The summed E-state index contributed by atoms with van der Waals surface area (Å²) in [5.41, 5.74) is -1.19. The highest BCUT2D eigenvalue weighted by atomic mass is 19.1. The molecule has 0 aromatic heterocycles. The Bertz CT molecular complexity index is 491. The maximum atomic E-state index is 13.8. The Morgan fingerprint density at radius 1 is 1.35 bits per heavy atom. The summed E-state index contributed by atoms with van der Waals surface area (Å²) in [6, 6.07) is 2.98. The first kappa shape index (κ1) is 15.1. The van der Waals surface area contributed by atoms with Crippen molar-refractivity contribution in [2.75, 3.05) is 6.61 Å². The summed E-state index contributed by atoms with van der Waals surface area (Å²) in [5, 5.41) is 0. The minimum atomic E-state index is -0.990. The van der Waals surface area contributed by atoms with Crippen LogP contribution in [0.2, 0.25) is 0 Å². The summed E-state index contributed by atoms with van der Waals surface area (Å²) in [4.78, 5) is 12.7. The molecule has 0 heterocycles. The maximum Gasteiger partial charge on any atom is 0.197 e. The van der Waals surface area contributed by atoms with Gasteiger partial charge >= 0.3 is 0 Å². The number of halogens is 2. The van der Waals surface area contributed by atoms with Crippen LogP contribution in [-0.4, -0.2) is 18.0 Å². The van der Waals surface area contributed by atoms with Gasteiger partial charge in [0.15, 0.2) is 5.78 Å². The summed E-state index contributed by atoms with van der Waals surface area (Å²) < 4.78 is 32.8. The molecule has 2 rings (SSSR count). The van der Waals surface area contributed by atoms with Crippen LogP contribution < -0.4 is 0 Å². The van der Waals surface area contributed by atoms with Crippen LogP contribution in [0.3, 0.4) is 0 Å².